The number of amides is 2. The summed E-state index contributed by atoms with van der Waals surface area (Å²) in [7, 11) is 0. The van der Waals surface area contributed by atoms with Gasteiger partial charge in [-0.1, -0.05) is 18.1 Å². The van der Waals surface area contributed by atoms with Crippen LogP contribution in [-0.4, -0.2) is 41.6 Å². The van der Waals surface area contributed by atoms with Crippen molar-refractivity contribution in [3.63, 3.8) is 0 Å². The first kappa shape index (κ1) is 22.6. The van der Waals surface area contributed by atoms with Gasteiger partial charge in [-0.2, -0.15) is 13.2 Å². The molecule has 164 valence electrons. The molecule has 1 aliphatic rings. The van der Waals surface area contributed by atoms with Crippen molar-refractivity contribution in [2.45, 2.75) is 31.5 Å². The summed E-state index contributed by atoms with van der Waals surface area (Å²) in [5.41, 5.74) is 0.0887. The van der Waals surface area contributed by atoms with Crippen molar-refractivity contribution in [3.8, 4) is 12.3 Å². The highest BCUT2D eigenvalue weighted by atomic mass is 32.1. The molecule has 6 nitrogen and oxygen atoms in total. The molecule has 0 radical (unpaired) electrons. The van der Waals surface area contributed by atoms with E-state index in [1.165, 1.54) is 23.5 Å². The number of likely N-dealkylation sites (tertiary alicyclic amines) is 1. The Balaban J connectivity index is 1.50. The molecular weight excluding hydrogens is 431 g/mol. The highest BCUT2D eigenvalue weighted by Gasteiger charge is 2.30. The predicted molar refractivity (Wildman–Crippen MR) is 108 cm³/mol. The minimum absolute atomic E-state index is 0.0593. The number of aromatic nitrogens is 1. The lowest BCUT2D eigenvalue weighted by atomic mass is 9.98. The molecule has 2 aromatic rings. The molecule has 0 unspecified atom stereocenters. The monoisotopic (exact) mass is 451 g/mol. The number of hydrogen-bond acceptors (Lipinski definition) is 5. The van der Waals surface area contributed by atoms with Crippen LogP contribution >= 0.6 is 11.3 Å². The van der Waals surface area contributed by atoms with Crippen LogP contribution in [-0.2, 0) is 17.5 Å². The largest absolute Gasteiger partial charge is 0.436 e. The smallest absolute Gasteiger partial charge is 0.416 e. The zero-order valence-electron chi connectivity index (χ0n) is 16.4. The van der Waals surface area contributed by atoms with Gasteiger partial charge in [0, 0.05) is 30.9 Å². The van der Waals surface area contributed by atoms with E-state index in [0.717, 1.165) is 17.1 Å². The van der Waals surface area contributed by atoms with Crippen LogP contribution < -0.4 is 5.32 Å². The predicted octanol–water partition coefficient (Wildman–Crippen LogP) is 4.04. The summed E-state index contributed by atoms with van der Waals surface area (Å²) in [6.07, 6.45) is 1.66. The molecule has 31 heavy (non-hydrogen) atoms. The zero-order valence-corrected chi connectivity index (χ0v) is 17.3. The van der Waals surface area contributed by atoms with E-state index >= 15 is 0 Å². The fourth-order valence-electron chi connectivity index (χ4n) is 3.17. The van der Waals surface area contributed by atoms with Gasteiger partial charge >= 0.3 is 12.3 Å². The number of carbonyl (C=O) groups excluding carboxylic acids is 2. The maximum Gasteiger partial charge on any atom is 0.416 e. The third-order valence-corrected chi connectivity index (χ3v) is 5.88. The van der Waals surface area contributed by atoms with Crippen LogP contribution in [0.15, 0.2) is 29.6 Å². The van der Waals surface area contributed by atoms with Crippen molar-refractivity contribution in [2.75, 3.05) is 19.7 Å². The first-order valence-corrected chi connectivity index (χ1v) is 10.4. The summed E-state index contributed by atoms with van der Waals surface area (Å²) in [6.45, 7) is 1.07. The highest BCUT2D eigenvalue weighted by Crippen LogP contribution is 2.31. The van der Waals surface area contributed by atoms with Gasteiger partial charge < -0.3 is 15.0 Å². The molecule has 1 aromatic carbocycles. The second kappa shape index (κ2) is 9.83. The average Bonchev–Trinajstić information content (AvgIpc) is 3.26. The van der Waals surface area contributed by atoms with Gasteiger partial charge in [-0.15, -0.1) is 17.8 Å². The summed E-state index contributed by atoms with van der Waals surface area (Å²) < 4.78 is 42.8. The summed E-state index contributed by atoms with van der Waals surface area (Å²) in [5.74, 6) is 2.00. The van der Waals surface area contributed by atoms with Crippen LogP contribution in [0.1, 0.15) is 45.4 Å². The second-order valence-corrected chi connectivity index (χ2v) is 7.86. The van der Waals surface area contributed by atoms with E-state index in [0.29, 0.717) is 31.5 Å². The Labute approximate surface area is 181 Å². The molecule has 0 spiro atoms. The van der Waals surface area contributed by atoms with Crippen LogP contribution in [0.4, 0.5) is 18.0 Å². The Bertz CT molecular complexity index is 959. The Morgan fingerprint density at radius 2 is 1.94 bits per heavy atom. The summed E-state index contributed by atoms with van der Waals surface area (Å²) in [4.78, 5) is 30.2. The lowest BCUT2D eigenvalue weighted by Gasteiger charge is -2.30. The van der Waals surface area contributed by atoms with Crippen molar-refractivity contribution in [1.82, 2.24) is 15.2 Å². The van der Waals surface area contributed by atoms with E-state index in [-0.39, 0.29) is 24.8 Å². The van der Waals surface area contributed by atoms with Crippen LogP contribution in [0.5, 0.6) is 0 Å². The summed E-state index contributed by atoms with van der Waals surface area (Å²) in [5, 5.41) is 5.14. The van der Waals surface area contributed by atoms with Gasteiger partial charge in [-0.05, 0) is 30.5 Å². The molecular formula is C21H20F3N3O3S. The van der Waals surface area contributed by atoms with Gasteiger partial charge in [0.05, 0.1) is 10.6 Å². The van der Waals surface area contributed by atoms with Crippen molar-refractivity contribution in [2.24, 2.45) is 0 Å². The minimum atomic E-state index is -4.39. The molecule has 0 atom stereocenters. The maximum atomic E-state index is 12.6. The molecule has 3 rings (SSSR count). The fourth-order valence-corrected chi connectivity index (χ4v) is 4.14. The number of nitrogens with one attached hydrogen (secondary N) is 1. The number of halogens is 3. The number of carbonyl (C=O) groups is 2. The molecule has 1 aliphatic heterocycles. The van der Waals surface area contributed by atoms with Crippen LogP contribution in [0, 0.1) is 12.3 Å². The van der Waals surface area contributed by atoms with Crippen LogP contribution in [0.25, 0.3) is 0 Å². The Hall–Kier alpha value is -3.06. The number of terminal acetylenes is 1. The topological polar surface area (TPSA) is 71.5 Å². The van der Waals surface area contributed by atoms with Gasteiger partial charge in [-0.25, -0.2) is 9.78 Å². The number of piperidine rings is 1. The number of hydrogen-bond donors (Lipinski definition) is 1. The maximum absolute atomic E-state index is 12.6. The lowest BCUT2D eigenvalue weighted by molar-refractivity contribution is -0.137. The number of thiazole rings is 1. The van der Waals surface area contributed by atoms with Crippen LogP contribution in [0.2, 0.25) is 0 Å². The molecule has 1 fully saturated rings. The molecule has 1 N–H and O–H groups in total. The van der Waals surface area contributed by atoms with E-state index in [1.807, 2.05) is 0 Å². The third-order valence-electron chi connectivity index (χ3n) is 4.87. The number of ether oxygens (including phenoxy) is 1. The zero-order chi connectivity index (χ0) is 22.4. The van der Waals surface area contributed by atoms with Gasteiger partial charge in [0.2, 0.25) is 0 Å². The molecule has 10 heteroatoms. The van der Waals surface area contributed by atoms with E-state index in [9.17, 15) is 22.8 Å². The second-order valence-electron chi connectivity index (χ2n) is 6.97. The first-order valence-electron chi connectivity index (χ1n) is 9.53. The lowest BCUT2D eigenvalue weighted by Crippen LogP contribution is -2.38. The summed E-state index contributed by atoms with van der Waals surface area (Å²) >= 11 is 1.38. The van der Waals surface area contributed by atoms with Gasteiger partial charge in [-0.3, -0.25) is 4.79 Å². The number of rotatable bonds is 5. The normalized spacial score (nSPS) is 14.7. The Kier molecular flexibility index (Phi) is 7.17. The molecule has 0 bridgehead atoms. The number of nitrogens with zero attached hydrogens (tertiary/aromatic N) is 2. The van der Waals surface area contributed by atoms with E-state index in [1.54, 1.807) is 10.3 Å². The van der Waals surface area contributed by atoms with E-state index in [4.69, 9.17) is 11.2 Å². The SMILES string of the molecule is C#CCOC(=O)N1CCC(c2nc(C(=O)NCc3ccc(C(F)(F)F)cc3)cs2)CC1. The molecule has 0 aliphatic carbocycles. The van der Waals surface area contributed by atoms with Gasteiger partial charge in [0.15, 0.2) is 6.61 Å². The first-order chi connectivity index (χ1) is 14.8. The number of alkyl halides is 3. The fraction of sp³-hybridized carbons (Fsp3) is 0.381. The van der Waals surface area contributed by atoms with Gasteiger partial charge in [0.25, 0.3) is 5.91 Å². The average molecular weight is 451 g/mol. The van der Waals surface area contributed by atoms with Crippen LogP contribution in [0.3, 0.4) is 0 Å². The third kappa shape index (κ3) is 5.98. The molecule has 0 saturated carbocycles. The summed E-state index contributed by atoms with van der Waals surface area (Å²) in [6, 6.07) is 4.63. The van der Waals surface area contributed by atoms with Crippen molar-refractivity contribution in [3.05, 3.63) is 51.5 Å². The van der Waals surface area contributed by atoms with Crippen molar-refractivity contribution in [1.29, 1.82) is 0 Å². The Morgan fingerprint density at radius 1 is 1.26 bits per heavy atom. The minimum Gasteiger partial charge on any atom is -0.436 e. The standard InChI is InChI=1S/C21H20F3N3O3S/c1-2-11-30-20(29)27-9-7-15(8-10-27)19-26-17(13-31-19)18(28)25-12-14-3-5-16(6-4-14)21(22,23)24/h1,3-6,13,15H,7-12H2,(H,25,28). The van der Waals surface area contributed by atoms with Crippen molar-refractivity contribution >= 4 is 23.3 Å². The van der Waals surface area contributed by atoms with Gasteiger partial charge in [0.1, 0.15) is 5.69 Å². The quantitative estimate of drug-likeness (QED) is 0.697. The Morgan fingerprint density at radius 3 is 2.55 bits per heavy atom. The highest BCUT2D eigenvalue weighted by molar-refractivity contribution is 7.09. The van der Waals surface area contributed by atoms with E-state index in [2.05, 4.69) is 16.2 Å². The van der Waals surface area contributed by atoms with E-state index < -0.39 is 23.7 Å². The molecule has 1 aromatic heterocycles. The number of benzene rings is 1. The molecule has 2 heterocycles. The van der Waals surface area contributed by atoms with Crippen molar-refractivity contribution < 1.29 is 27.5 Å². The molecule has 2 amide bonds. The molecule has 1 saturated heterocycles.